The Labute approximate surface area is 121 Å². The zero-order valence-corrected chi connectivity index (χ0v) is 11.8. The lowest BCUT2D eigenvalue weighted by atomic mass is 10.1. The first kappa shape index (κ1) is 14.9. The predicted octanol–water partition coefficient (Wildman–Crippen LogP) is 1.84. The van der Waals surface area contributed by atoms with E-state index < -0.39 is 4.92 Å². The summed E-state index contributed by atoms with van der Waals surface area (Å²) < 4.78 is 0. The fourth-order valence-corrected chi connectivity index (χ4v) is 1.82. The number of nitro benzene ring substituents is 1. The van der Waals surface area contributed by atoms with Gasteiger partial charge in [0.15, 0.2) is 0 Å². The molecule has 110 valence electrons. The molecule has 2 N–H and O–H groups in total. The molecular formula is C14H16N4O3. The normalized spacial score (nSPS) is 10.8. The maximum absolute atomic E-state index is 11.7. The summed E-state index contributed by atoms with van der Waals surface area (Å²) in [5.41, 5.74) is 1.35. The number of aromatic nitrogens is 2. The molecule has 0 amide bonds. The summed E-state index contributed by atoms with van der Waals surface area (Å²) in [6.07, 6.45) is 0. The Morgan fingerprint density at radius 2 is 2.14 bits per heavy atom. The second-order valence-electron chi connectivity index (χ2n) is 4.95. The van der Waals surface area contributed by atoms with Gasteiger partial charge >= 0.3 is 0 Å². The molecule has 2 rings (SSSR count). The Kier molecular flexibility index (Phi) is 4.44. The second kappa shape index (κ2) is 6.27. The highest BCUT2D eigenvalue weighted by Gasteiger charge is 2.10. The van der Waals surface area contributed by atoms with Gasteiger partial charge in [-0.15, -0.1) is 0 Å². The van der Waals surface area contributed by atoms with Crippen LogP contribution in [0.3, 0.4) is 0 Å². The van der Waals surface area contributed by atoms with Crippen LogP contribution in [0.1, 0.15) is 19.4 Å². The molecule has 1 heterocycles. The number of hydrogen-bond acceptors (Lipinski definition) is 5. The number of non-ortho nitro benzene ring substituents is 1. The summed E-state index contributed by atoms with van der Waals surface area (Å²) in [6, 6.07) is 8.04. The molecule has 0 saturated carbocycles. The van der Waals surface area contributed by atoms with Crippen molar-refractivity contribution in [2.24, 2.45) is 0 Å². The summed E-state index contributed by atoms with van der Waals surface area (Å²) >= 11 is 0. The summed E-state index contributed by atoms with van der Waals surface area (Å²) in [4.78, 5) is 22.1. The SMILES string of the molecule is CC(C)NCc1cc(-c2cccc([N+](=O)[O-])c2)n[nH]c1=O. The molecule has 7 nitrogen and oxygen atoms in total. The van der Waals surface area contributed by atoms with Gasteiger partial charge in [-0.25, -0.2) is 5.10 Å². The zero-order chi connectivity index (χ0) is 15.4. The first-order chi connectivity index (χ1) is 9.97. The number of rotatable bonds is 5. The van der Waals surface area contributed by atoms with Gasteiger partial charge in [-0.2, -0.15) is 5.10 Å². The third kappa shape index (κ3) is 3.73. The molecule has 7 heteroatoms. The van der Waals surface area contributed by atoms with E-state index in [-0.39, 0.29) is 17.3 Å². The van der Waals surface area contributed by atoms with E-state index in [2.05, 4.69) is 15.5 Å². The molecule has 0 aliphatic carbocycles. The highest BCUT2D eigenvalue weighted by molar-refractivity contribution is 5.62. The van der Waals surface area contributed by atoms with E-state index in [0.29, 0.717) is 23.4 Å². The lowest BCUT2D eigenvalue weighted by Crippen LogP contribution is -2.26. The molecule has 0 radical (unpaired) electrons. The first-order valence-electron chi connectivity index (χ1n) is 6.54. The van der Waals surface area contributed by atoms with Gasteiger partial charge in [-0.1, -0.05) is 26.0 Å². The van der Waals surface area contributed by atoms with E-state index in [1.165, 1.54) is 12.1 Å². The summed E-state index contributed by atoms with van der Waals surface area (Å²) in [6.45, 7) is 4.38. The molecule has 0 fully saturated rings. The van der Waals surface area contributed by atoms with E-state index in [9.17, 15) is 14.9 Å². The number of nitrogens with one attached hydrogen (secondary N) is 2. The Bertz CT molecular complexity index is 709. The van der Waals surface area contributed by atoms with Gasteiger partial charge < -0.3 is 5.32 Å². The molecule has 0 unspecified atom stereocenters. The standard InChI is InChI=1S/C14H16N4O3/c1-9(2)15-8-11-7-13(16-17-14(11)19)10-4-3-5-12(6-10)18(20)21/h3-7,9,15H,8H2,1-2H3,(H,17,19). The molecule has 0 aliphatic heterocycles. The third-order valence-electron chi connectivity index (χ3n) is 2.93. The van der Waals surface area contributed by atoms with E-state index in [0.717, 1.165) is 0 Å². The molecule has 0 spiro atoms. The van der Waals surface area contributed by atoms with Gasteiger partial charge in [0.05, 0.1) is 10.6 Å². The molecule has 0 saturated heterocycles. The summed E-state index contributed by atoms with van der Waals surface area (Å²) in [5, 5.41) is 20.3. The molecule has 21 heavy (non-hydrogen) atoms. The van der Waals surface area contributed by atoms with Gasteiger partial charge in [-0.05, 0) is 6.07 Å². The molecule has 0 aliphatic rings. The van der Waals surface area contributed by atoms with Crippen molar-refractivity contribution < 1.29 is 4.92 Å². The van der Waals surface area contributed by atoms with Crippen molar-refractivity contribution in [2.75, 3.05) is 0 Å². The Morgan fingerprint density at radius 1 is 1.38 bits per heavy atom. The van der Waals surface area contributed by atoms with Crippen LogP contribution in [0.5, 0.6) is 0 Å². The van der Waals surface area contributed by atoms with Crippen molar-refractivity contribution in [3.8, 4) is 11.3 Å². The smallest absolute Gasteiger partial charge is 0.270 e. The van der Waals surface area contributed by atoms with Crippen molar-refractivity contribution in [3.05, 3.63) is 56.4 Å². The largest absolute Gasteiger partial charge is 0.310 e. The van der Waals surface area contributed by atoms with Crippen molar-refractivity contribution >= 4 is 5.69 Å². The van der Waals surface area contributed by atoms with Crippen LogP contribution in [0, 0.1) is 10.1 Å². The Balaban J connectivity index is 2.36. The maximum Gasteiger partial charge on any atom is 0.270 e. The van der Waals surface area contributed by atoms with Gasteiger partial charge in [0.25, 0.3) is 11.2 Å². The van der Waals surface area contributed by atoms with Gasteiger partial charge in [0.2, 0.25) is 0 Å². The number of nitrogens with zero attached hydrogens (tertiary/aromatic N) is 2. The van der Waals surface area contributed by atoms with Crippen LogP contribution in [0.4, 0.5) is 5.69 Å². The highest BCUT2D eigenvalue weighted by atomic mass is 16.6. The maximum atomic E-state index is 11.7. The van der Waals surface area contributed by atoms with Crippen LogP contribution in [0.25, 0.3) is 11.3 Å². The van der Waals surface area contributed by atoms with E-state index in [4.69, 9.17) is 0 Å². The number of benzene rings is 1. The van der Waals surface area contributed by atoms with Crippen LogP contribution in [-0.2, 0) is 6.54 Å². The van der Waals surface area contributed by atoms with Crippen LogP contribution in [-0.4, -0.2) is 21.2 Å². The molecular weight excluding hydrogens is 272 g/mol. The Hall–Kier alpha value is -2.54. The molecule has 1 aromatic heterocycles. The summed E-state index contributed by atoms with van der Waals surface area (Å²) in [5.74, 6) is 0. The van der Waals surface area contributed by atoms with Crippen LogP contribution >= 0.6 is 0 Å². The Morgan fingerprint density at radius 3 is 2.81 bits per heavy atom. The van der Waals surface area contributed by atoms with Crippen LogP contribution in [0.2, 0.25) is 0 Å². The quantitative estimate of drug-likeness (QED) is 0.645. The lowest BCUT2D eigenvalue weighted by molar-refractivity contribution is -0.384. The minimum absolute atomic E-state index is 0.0117. The van der Waals surface area contributed by atoms with Gasteiger partial charge in [-0.3, -0.25) is 14.9 Å². The average Bonchev–Trinajstić information content (AvgIpc) is 2.46. The minimum atomic E-state index is -0.462. The fourth-order valence-electron chi connectivity index (χ4n) is 1.82. The van der Waals surface area contributed by atoms with Crippen molar-refractivity contribution in [2.45, 2.75) is 26.4 Å². The number of H-pyrrole nitrogens is 1. The van der Waals surface area contributed by atoms with Crippen molar-refractivity contribution in [1.82, 2.24) is 15.5 Å². The second-order valence-corrected chi connectivity index (χ2v) is 4.95. The van der Waals surface area contributed by atoms with Gasteiger partial charge in [0, 0.05) is 35.8 Å². The minimum Gasteiger partial charge on any atom is -0.310 e. The average molecular weight is 288 g/mol. The molecule has 1 aromatic carbocycles. The van der Waals surface area contributed by atoms with Crippen molar-refractivity contribution in [3.63, 3.8) is 0 Å². The lowest BCUT2D eigenvalue weighted by Gasteiger charge is -2.08. The summed E-state index contributed by atoms with van der Waals surface area (Å²) in [7, 11) is 0. The zero-order valence-electron chi connectivity index (χ0n) is 11.8. The van der Waals surface area contributed by atoms with Gasteiger partial charge in [0.1, 0.15) is 0 Å². The van der Waals surface area contributed by atoms with E-state index >= 15 is 0 Å². The highest BCUT2D eigenvalue weighted by Crippen LogP contribution is 2.21. The predicted molar refractivity (Wildman–Crippen MR) is 78.9 cm³/mol. The first-order valence-corrected chi connectivity index (χ1v) is 6.54. The third-order valence-corrected chi connectivity index (χ3v) is 2.93. The van der Waals surface area contributed by atoms with Crippen LogP contribution < -0.4 is 10.9 Å². The molecule has 0 bridgehead atoms. The number of hydrogen-bond donors (Lipinski definition) is 2. The van der Waals surface area contributed by atoms with E-state index in [1.54, 1.807) is 18.2 Å². The number of aromatic amines is 1. The van der Waals surface area contributed by atoms with Crippen molar-refractivity contribution in [1.29, 1.82) is 0 Å². The fraction of sp³-hybridized carbons (Fsp3) is 0.286. The monoisotopic (exact) mass is 288 g/mol. The van der Waals surface area contributed by atoms with Crippen LogP contribution in [0.15, 0.2) is 35.1 Å². The number of nitro groups is 1. The molecule has 2 aromatic rings. The topological polar surface area (TPSA) is 101 Å². The van der Waals surface area contributed by atoms with E-state index in [1.807, 2.05) is 13.8 Å². The molecule has 0 atom stereocenters.